The van der Waals surface area contributed by atoms with E-state index in [-0.39, 0.29) is 24.3 Å². The molecule has 1 heterocycles. The molecule has 0 spiro atoms. The third-order valence-electron chi connectivity index (χ3n) is 3.21. The zero-order chi connectivity index (χ0) is 15.2. The molecule has 2 N–H and O–H groups in total. The number of nitrogens with zero attached hydrogens (tertiary/aromatic N) is 1. The van der Waals surface area contributed by atoms with E-state index in [1.807, 2.05) is 4.90 Å². The number of rotatable bonds is 5. The molecule has 0 unspecified atom stereocenters. The van der Waals surface area contributed by atoms with Crippen LogP contribution in [-0.2, 0) is 14.4 Å². The molecule has 0 aromatic rings. The van der Waals surface area contributed by atoms with Gasteiger partial charge in [-0.25, -0.2) is 0 Å². The summed E-state index contributed by atoms with van der Waals surface area (Å²) in [7, 11) is 0. The maximum atomic E-state index is 11.7. The first-order valence-electron chi connectivity index (χ1n) is 7.13. The van der Waals surface area contributed by atoms with Crippen molar-refractivity contribution in [3.05, 3.63) is 0 Å². The minimum absolute atomic E-state index is 0.0476. The first-order chi connectivity index (χ1) is 9.30. The molecule has 0 saturated carbocycles. The molecule has 1 aliphatic rings. The van der Waals surface area contributed by atoms with Crippen molar-refractivity contribution in [3.63, 3.8) is 0 Å². The molecule has 1 rings (SSSR count). The van der Waals surface area contributed by atoms with Gasteiger partial charge in [0.1, 0.15) is 0 Å². The van der Waals surface area contributed by atoms with E-state index in [0.717, 1.165) is 25.9 Å². The Bertz CT molecular complexity index is 368. The van der Waals surface area contributed by atoms with E-state index < -0.39 is 5.41 Å². The highest BCUT2D eigenvalue weighted by Gasteiger charge is 2.21. The second-order valence-corrected chi connectivity index (χ2v) is 6.12. The van der Waals surface area contributed by atoms with Gasteiger partial charge < -0.3 is 15.5 Å². The molecular weight excluding hydrogens is 258 g/mol. The van der Waals surface area contributed by atoms with Gasteiger partial charge in [0.2, 0.25) is 17.7 Å². The van der Waals surface area contributed by atoms with Crippen molar-refractivity contribution in [2.75, 3.05) is 26.2 Å². The van der Waals surface area contributed by atoms with Crippen molar-refractivity contribution in [2.45, 2.75) is 40.0 Å². The maximum Gasteiger partial charge on any atom is 0.239 e. The molecule has 0 bridgehead atoms. The molecule has 0 atom stereocenters. The molecule has 20 heavy (non-hydrogen) atoms. The van der Waals surface area contributed by atoms with Gasteiger partial charge in [0.05, 0.1) is 6.54 Å². The van der Waals surface area contributed by atoms with Gasteiger partial charge in [0.15, 0.2) is 0 Å². The Hall–Kier alpha value is -1.59. The fraction of sp³-hybridized carbons (Fsp3) is 0.786. The average molecular weight is 283 g/mol. The van der Waals surface area contributed by atoms with Gasteiger partial charge >= 0.3 is 0 Å². The van der Waals surface area contributed by atoms with E-state index in [2.05, 4.69) is 10.6 Å². The van der Waals surface area contributed by atoms with Crippen molar-refractivity contribution in [1.29, 1.82) is 0 Å². The van der Waals surface area contributed by atoms with Crippen molar-refractivity contribution >= 4 is 17.7 Å². The van der Waals surface area contributed by atoms with Gasteiger partial charge in [0, 0.05) is 31.5 Å². The lowest BCUT2D eigenvalue weighted by Gasteiger charge is -2.17. The van der Waals surface area contributed by atoms with Crippen molar-refractivity contribution < 1.29 is 14.4 Å². The Morgan fingerprint density at radius 3 is 2.20 bits per heavy atom. The zero-order valence-corrected chi connectivity index (χ0v) is 12.6. The number of nitrogens with one attached hydrogen (secondary N) is 2. The summed E-state index contributed by atoms with van der Waals surface area (Å²) in [4.78, 5) is 36.7. The van der Waals surface area contributed by atoms with Crippen LogP contribution in [0.1, 0.15) is 40.0 Å². The topological polar surface area (TPSA) is 78.5 Å². The van der Waals surface area contributed by atoms with Crippen molar-refractivity contribution in [2.24, 2.45) is 5.41 Å². The summed E-state index contributed by atoms with van der Waals surface area (Å²) < 4.78 is 0. The van der Waals surface area contributed by atoms with Crippen LogP contribution in [0.15, 0.2) is 0 Å². The van der Waals surface area contributed by atoms with E-state index >= 15 is 0 Å². The van der Waals surface area contributed by atoms with E-state index in [0.29, 0.717) is 13.0 Å². The van der Waals surface area contributed by atoms with Crippen molar-refractivity contribution in [1.82, 2.24) is 15.5 Å². The highest BCUT2D eigenvalue weighted by atomic mass is 16.2. The second kappa shape index (κ2) is 7.26. The van der Waals surface area contributed by atoms with Crippen LogP contribution in [0.25, 0.3) is 0 Å². The lowest BCUT2D eigenvalue weighted by atomic mass is 9.96. The Balaban J connectivity index is 2.14. The minimum atomic E-state index is -0.508. The van der Waals surface area contributed by atoms with Gasteiger partial charge in [-0.15, -0.1) is 0 Å². The molecular formula is C14H25N3O3. The maximum absolute atomic E-state index is 11.7. The predicted molar refractivity (Wildman–Crippen MR) is 75.9 cm³/mol. The van der Waals surface area contributed by atoms with Gasteiger partial charge in [-0.05, 0) is 12.8 Å². The number of carbonyl (C=O) groups is 3. The molecule has 0 radical (unpaired) electrons. The Kier molecular flexibility index (Phi) is 5.98. The fourth-order valence-corrected chi connectivity index (χ4v) is 1.92. The molecule has 0 aromatic carbocycles. The quantitative estimate of drug-likeness (QED) is 0.760. The Labute approximate surface area is 120 Å². The normalized spacial score (nSPS) is 15.1. The summed E-state index contributed by atoms with van der Waals surface area (Å²) in [6.07, 6.45) is 2.45. The smallest absolute Gasteiger partial charge is 0.239 e. The van der Waals surface area contributed by atoms with Crippen LogP contribution in [0.5, 0.6) is 0 Å². The molecule has 1 saturated heterocycles. The third kappa shape index (κ3) is 5.59. The molecule has 1 aliphatic heterocycles. The van der Waals surface area contributed by atoms with Gasteiger partial charge in [-0.1, -0.05) is 20.8 Å². The van der Waals surface area contributed by atoms with Crippen LogP contribution in [0.2, 0.25) is 0 Å². The zero-order valence-electron chi connectivity index (χ0n) is 12.6. The summed E-state index contributed by atoms with van der Waals surface area (Å²) in [6, 6.07) is 0. The van der Waals surface area contributed by atoms with Crippen LogP contribution in [-0.4, -0.2) is 48.8 Å². The van der Waals surface area contributed by atoms with Crippen LogP contribution in [0.4, 0.5) is 0 Å². The number of amides is 3. The monoisotopic (exact) mass is 283 g/mol. The Morgan fingerprint density at radius 2 is 1.65 bits per heavy atom. The van der Waals surface area contributed by atoms with Gasteiger partial charge in [-0.3, -0.25) is 14.4 Å². The van der Waals surface area contributed by atoms with Crippen LogP contribution >= 0.6 is 0 Å². The molecule has 0 aromatic heterocycles. The average Bonchev–Trinajstić information content (AvgIpc) is 2.88. The fourth-order valence-electron chi connectivity index (χ4n) is 1.92. The molecule has 1 fully saturated rings. The van der Waals surface area contributed by atoms with Crippen LogP contribution in [0.3, 0.4) is 0 Å². The molecule has 3 amide bonds. The van der Waals surface area contributed by atoms with E-state index in [4.69, 9.17) is 0 Å². The molecule has 6 nitrogen and oxygen atoms in total. The summed E-state index contributed by atoms with van der Waals surface area (Å²) in [6.45, 7) is 7.29. The second-order valence-electron chi connectivity index (χ2n) is 6.12. The number of carbonyl (C=O) groups excluding carboxylic acids is 3. The van der Waals surface area contributed by atoms with E-state index in [1.54, 1.807) is 20.8 Å². The van der Waals surface area contributed by atoms with Crippen LogP contribution in [0, 0.1) is 5.41 Å². The summed E-state index contributed by atoms with van der Waals surface area (Å²) in [5.41, 5.74) is -0.508. The highest BCUT2D eigenvalue weighted by Crippen LogP contribution is 2.11. The highest BCUT2D eigenvalue weighted by molar-refractivity contribution is 5.87. The predicted octanol–water partition coefficient (Wildman–Crippen LogP) is 0.277. The SMILES string of the molecule is CC(C)(C)C(=O)NCC(=O)NCCC(=O)N1CCCC1. The number of likely N-dealkylation sites (tertiary alicyclic amines) is 1. The minimum Gasteiger partial charge on any atom is -0.354 e. The molecule has 0 aliphatic carbocycles. The largest absolute Gasteiger partial charge is 0.354 e. The van der Waals surface area contributed by atoms with Gasteiger partial charge in [-0.2, -0.15) is 0 Å². The van der Waals surface area contributed by atoms with Crippen LogP contribution < -0.4 is 10.6 Å². The number of hydrogen-bond acceptors (Lipinski definition) is 3. The van der Waals surface area contributed by atoms with E-state index in [9.17, 15) is 14.4 Å². The summed E-state index contributed by atoms with van der Waals surface area (Å²) >= 11 is 0. The summed E-state index contributed by atoms with van der Waals surface area (Å²) in [5, 5.41) is 5.21. The first kappa shape index (κ1) is 16.5. The standard InChI is InChI=1S/C14H25N3O3/c1-14(2,3)13(20)16-10-11(18)15-7-6-12(19)17-8-4-5-9-17/h4-10H2,1-3H3,(H,15,18)(H,16,20). The lowest BCUT2D eigenvalue weighted by molar-refractivity contribution is -0.132. The number of hydrogen-bond donors (Lipinski definition) is 2. The molecule has 114 valence electrons. The molecule has 6 heteroatoms. The summed E-state index contributed by atoms with van der Waals surface area (Å²) in [5.74, 6) is -0.348. The van der Waals surface area contributed by atoms with Crippen molar-refractivity contribution in [3.8, 4) is 0 Å². The Morgan fingerprint density at radius 1 is 1.05 bits per heavy atom. The third-order valence-corrected chi connectivity index (χ3v) is 3.21. The first-order valence-corrected chi connectivity index (χ1v) is 7.13. The van der Waals surface area contributed by atoms with Gasteiger partial charge in [0.25, 0.3) is 0 Å². The van der Waals surface area contributed by atoms with E-state index in [1.165, 1.54) is 0 Å². The lowest BCUT2D eigenvalue weighted by Crippen LogP contribution is -2.42.